The summed E-state index contributed by atoms with van der Waals surface area (Å²) < 4.78 is 0. The molecule has 1 N–H and O–H groups in total. The molecule has 1 aromatic carbocycles. The number of hydrogen-bond acceptors (Lipinski definition) is 1. The van der Waals surface area contributed by atoms with Crippen molar-refractivity contribution in [2.45, 2.75) is 64.3 Å². The summed E-state index contributed by atoms with van der Waals surface area (Å²) in [5.41, 5.74) is 1.55. The third kappa shape index (κ3) is 4.07. The zero-order valence-corrected chi connectivity index (χ0v) is 12.6. The predicted octanol–water partition coefficient (Wildman–Crippen LogP) is 4.74. The molecule has 3 unspecified atom stereocenters. The van der Waals surface area contributed by atoms with Crippen LogP contribution in [0.4, 0.5) is 0 Å². The van der Waals surface area contributed by atoms with Gasteiger partial charge in [0.05, 0.1) is 0 Å². The van der Waals surface area contributed by atoms with Gasteiger partial charge in [0, 0.05) is 6.04 Å². The molecule has 1 fully saturated rings. The molecule has 1 saturated carbocycles. The summed E-state index contributed by atoms with van der Waals surface area (Å²) in [6.07, 6.45) is 8.19. The minimum Gasteiger partial charge on any atom is -0.314 e. The van der Waals surface area contributed by atoms with E-state index in [9.17, 15) is 0 Å². The largest absolute Gasteiger partial charge is 0.314 e. The molecular formula is C18H29N. The summed E-state index contributed by atoms with van der Waals surface area (Å²) >= 11 is 0. The Hall–Kier alpha value is -0.820. The lowest BCUT2D eigenvalue weighted by atomic mass is 9.73. The minimum absolute atomic E-state index is 0.761. The van der Waals surface area contributed by atoms with Crippen molar-refractivity contribution < 1.29 is 0 Å². The van der Waals surface area contributed by atoms with E-state index in [1.54, 1.807) is 5.56 Å². The van der Waals surface area contributed by atoms with Crippen LogP contribution in [-0.2, 0) is 0 Å². The normalized spacial score (nSPS) is 27.4. The Labute approximate surface area is 118 Å². The topological polar surface area (TPSA) is 12.0 Å². The molecule has 1 nitrogen and oxygen atoms in total. The van der Waals surface area contributed by atoms with Gasteiger partial charge in [0.2, 0.25) is 0 Å². The smallest absolute Gasteiger partial charge is 0.00956 e. The molecule has 0 aromatic heterocycles. The molecule has 0 spiro atoms. The van der Waals surface area contributed by atoms with E-state index in [2.05, 4.69) is 49.5 Å². The second kappa shape index (κ2) is 7.69. The highest BCUT2D eigenvalue weighted by molar-refractivity contribution is 5.20. The van der Waals surface area contributed by atoms with Crippen molar-refractivity contribution in [1.82, 2.24) is 5.32 Å². The lowest BCUT2D eigenvalue weighted by Gasteiger charge is -2.37. The van der Waals surface area contributed by atoms with Gasteiger partial charge < -0.3 is 5.32 Å². The van der Waals surface area contributed by atoms with Crippen molar-refractivity contribution in [2.75, 3.05) is 6.54 Å². The summed E-state index contributed by atoms with van der Waals surface area (Å²) in [6, 6.07) is 11.9. The van der Waals surface area contributed by atoms with Gasteiger partial charge in [-0.1, -0.05) is 57.0 Å². The monoisotopic (exact) mass is 259 g/mol. The van der Waals surface area contributed by atoms with E-state index in [4.69, 9.17) is 0 Å². The number of unbranched alkanes of at least 4 members (excludes halogenated alkanes) is 1. The van der Waals surface area contributed by atoms with Crippen LogP contribution in [0.5, 0.6) is 0 Å². The maximum atomic E-state index is 3.72. The molecule has 0 saturated heterocycles. The Bertz CT molecular complexity index is 346. The molecule has 0 amide bonds. The first-order valence-corrected chi connectivity index (χ1v) is 8.13. The van der Waals surface area contributed by atoms with Gasteiger partial charge in [0.25, 0.3) is 0 Å². The summed E-state index contributed by atoms with van der Waals surface area (Å²) in [5, 5.41) is 3.72. The first kappa shape index (κ1) is 14.6. The lowest BCUT2D eigenvalue weighted by molar-refractivity contribution is 0.226. The van der Waals surface area contributed by atoms with E-state index in [1.165, 1.54) is 38.5 Å². The molecule has 19 heavy (non-hydrogen) atoms. The van der Waals surface area contributed by atoms with E-state index >= 15 is 0 Å². The third-order valence-electron chi connectivity index (χ3n) is 4.65. The Kier molecular flexibility index (Phi) is 5.91. The Morgan fingerprint density at radius 3 is 2.58 bits per heavy atom. The molecule has 1 aliphatic carbocycles. The zero-order chi connectivity index (χ0) is 13.5. The second-order valence-corrected chi connectivity index (χ2v) is 5.99. The Morgan fingerprint density at radius 2 is 1.89 bits per heavy atom. The SMILES string of the molecule is CCCCC1CC(c2ccccc2)CCC1NCC. The summed E-state index contributed by atoms with van der Waals surface area (Å²) in [6.45, 7) is 5.66. The van der Waals surface area contributed by atoms with Gasteiger partial charge in [-0.15, -0.1) is 0 Å². The number of benzene rings is 1. The predicted molar refractivity (Wildman–Crippen MR) is 83.5 cm³/mol. The molecule has 2 rings (SSSR count). The molecular weight excluding hydrogens is 230 g/mol. The van der Waals surface area contributed by atoms with Crippen molar-refractivity contribution in [3.05, 3.63) is 35.9 Å². The van der Waals surface area contributed by atoms with Crippen LogP contribution in [0.1, 0.15) is 63.9 Å². The van der Waals surface area contributed by atoms with Crippen LogP contribution in [0.3, 0.4) is 0 Å². The molecule has 0 bridgehead atoms. The van der Waals surface area contributed by atoms with Gasteiger partial charge in [-0.05, 0) is 49.6 Å². The molecule has 3 atom stereocenters. The fourth-order valence-corrected chi connectivity index (χ4v) is 3.61. The van der Waals surface area contributed by atoms with Crippen LogP contribution in [0.15, 0.2) is 30.3 Å². The highest BCUT2D eigenvalue weighted by Crippen LogP contribution is 2.38. The van der Waals surface area contributed by atoms with Gasteiger partial charge in [0.15, 0.2) is 0 Å². The third-order valence-corrected chi connectivity index (χ3v) is 4.65. The van der Waals surface area contributed by atoms with Crippen LogP contribution in [0.2, 0.25) is 0 Å². The average molecular weight is 259 g/mol. The van der Waals surface area contributed by atoms with E-state index < -0.39 is 0 Å². The van der Waals surface area contributed by atoms with Crippen molar-refractivity contribution in [3.63, 3.8) is 0 Å². The quantitative estimate of drug-likeness (QED) is 0.778. The summed E-state index contributed by atoms with van der Waals surface area (Å²) in [7, 11) is 0. The van der Waals surface area contributed by atoms with Crippen LogP contribution in [0, 0.1) is 5.92 Å². The van der Waals surface area contributed by atoms with Gasteiger partial charge >= 0.3 is 0 Å². The Morgan fingerprint density at radius 1 is 1.11 bits per heavy atom. The fourth-order valence-electron chi connectivity index (χ4n) is 3.61. The van der Waals surface area contributed by atoms with Crippen molar-refractivity contribution in [3.8, 4) is 0 Å². The molecule has 1 aliphatic rings. The summed E-state index contributed by atoms with van der Waals surface area (Å²) in [5.74, 6) is 1.66. The lowest BCUT2D eigenvalue weighted by Crippen LogP contribution is -2.40. The molecule has 106 valence electrons. The maximum Gasteiger partial charge on any atom is 0.00956 e. The Balaban J connectivity index is 1.99. The first-order valence-electron chi connectivity index (χ1n) is 8.13. The molecule has 0 heterocycles. The molecule has 1 aromatic rings. The highest BCUT2D eigenvalue weighted by Gasteiger charge is 2.29. The number of hydrogen-bond donors (Lipinski definition) is 1. The van der Waals surface area contributed by atoms with E-state index in [1.807, 2.05) is 0 Å². The van der Waals surface area contributed by atoms with E-state index in [-0.39, 0.29) is 0 Å². The first-order chi connectivity index (χ1) is 9.35. The van der Waals surface area contributed by atoms with Gasteiger partial charge in [-0.3, -0.25) is 0 Å². The van der Waals surface area contributed by atoms with Crippen LogP contribution >= 0.6 is 0 Å². The standard InChI is InChI=1S/C18H29N/c1-3-5-9-17-14-16(12-13-18(17)19-4-2)15-10-7-6-8-11-15/h6-8,10-11,16-19H,3-5,9,12-14H2,1-2H3. The van der Waals surface area contributed by atoms with Gasteiger partial charge in [0.1, 0.15) is 0 Å². The maximum absolute atomic E-state index is 3.72. The van der Waals surface area contributed by atoms with E-state index in [0.717, 1.165) is 24.4 Å². The van der Waals surface area contributed by atoms with Crippen LogP contribution < -0.4 is 5.32 Å². The van der Waals surface area contributed by atoms with Crippen molar-refractivity contribution >= 4 is 0 Å². The molecule has 0 aliphatic heterocycles. The van der Waals surface area contributed by atoms with Gasteiger partial charge in [-0.25, -0.2) is 0 Å². The number of rotatable bonds is 6. The van der Waals surface area contributed by atoms with Crippen molar-refractivity contribution in [1.29, 1.82) is 0 Å². The van der Waals surface area contributed by atoms with E-state index in [0.29, 0.717) is 0 Å². The number of nitrogens with one attached hydrogen (secondary N) is 1. The zero-order valence-electron chi connectivity index (χ0n) is 12.6. The van der Waals surface area contributed by atoms with Crippen molar-refractivity contribution in [2.24, 2.45) is 5.92 Å². The molecule has 0 radical (unpaired) electrons. The van der Waals surface area contributed by atoms with Gasteiger partial charge in [-0.2, -0.15) is 0 Å². The van der Waals surface area contributed by atoms with Crippen LogP contribution in [-0.4, -0.2) is 12.6 Å². The highest BCUT2D eigenvalue weighted by atomic mass is 14.9. The van der Waals surface area contributed by atoms with Crippen LogP contribution in [0.25, 0.3) is 0 Å². The summed E-state index contributed by atoms with van der Waals surface area (Å²) in [4.78, 5) is 0. The molecule has 1 heteroatoms. The fraction of sp³-hybridized carbons (Fsp3) is 0.667. The second-order valence-electron chi connectivity index (χ2n) is 5.99. The average Bonchev–Trinajstić information content (AvgIpc) is 2.47. The minimum atomic E-state index is 0.761.